The third-order valence-electron chi connectivity index (χ3n) is 5.63. The van der Waals surface area contributed by atoms with Gasteiger partial charge in [0.15, 0.2) is 0 Å². The molecule has 1 aliphatic rings. The number of carbonyl (C=O) groups is 1. The summed E-state index contributed by atoms with van der Waals surface area (Å²) in [6, 6.07) is 12.8. The summed E-state index contributed by atoms with van der Waals surface area (Å²) in [4.78, 5) is 17.3. The van der Waals surface area contributed by atoms with Crippen molar-refractivity contribution in [1.82, 2.24) is 14.0 Å². The highest BCUT2D eigenvalue weighted by molar-refractivity contribution is 7.89. The Bertz CT molecular complexity index is 1160. The number of sulfonamides is 1. The first-order chi connectivity index (χ1) is 13.9. The molecule has 0 atom stereocenters. The lowest BCUT2D eigenvalue weighted by Gasteiger charge is -2.30. The van der Waals surface area contributed by atoms with Crippen LogP contribution in [-0.2, 0) is 14.8 Å². The molecule has 1 amide bonds. The first kappa shape index (κ1) is 19.6. The SMILES string of the molecule is Cc1ccc(S(=O)(=O)N2CCC(C(=O)Nn3cnc4ccccc43)CC2)cc1C. The van der Waals surface area contributed by atoms with Crippen LogP contribution >= 0.6 is 0 Å². The Labute approximate surface area is 170 Å². The van der Waals surface area contributed by atoms with E-state index in [9.17, 15) is 13.2 Å². The number of aromatic nitrogens is 2. The number of rotatable bonds is 4. The molecule has 1 fully saturated rings. The number of carbonyl (C=O) groups excluding carboxylic acids is 1. The van der Waals surface area contributed by atoms with Crippen molar-refractivity contribution in [3.63, 3.8) is 0 Å². The summed E-state index contributed by atoms with van der Waals surface area (Å²) in [5, 5.41) is 0. The molecule has 0 spiro atoms. The third-order valence-corrected chi connectivity index (χ3v) is 7.52. The fourth-order valence-electron chi connectivity index (χ4n) is 3.64. The van der Waals surface area contributed by atoms with Crippen LogP contribution in [0.15, 0.2) is 53.7 Å². The van der Waals surface area contributed by atoms with Crippen LogP contribution in [0, 0.1) is 19.8 Å². The minimum Gasteiger partial charge on any atom is -0.273 e. The molecule has 0 bridgehead atoms. The maximum Gasteiger partial charge on any atom is 0.243 e. The number of hydrogen-bond acceptors (Lipinski definition) is 4. The Morgan fingerprint density at radius 2 is 1.79 bits per heavy atom. The van der Waals surface area contributed by atoms with E-state index in [1.807, 2.05) is 44.2 Å². The number of fused-ring (bicyclic) bond motifs is 1. The van der Waals surface area contributed by atoms with Gasteiger partial charge >= 0.3 is 0 Å². The van der Waals surface area contributed by atoms with E-state index in [-0.39, 0.29) is 11.8 Å². The molecule has 1 aromatic heterocycles. The molecular weight excluding hydrogens is 388 g/mol. The van der Waals surface area contributed by atoms with Crippen LogP contribution in [-0.4, -0.2) is 41.4 Å². The van der Waals surface area contributed by atoms with E-state index >= 15 is 0 Å². The van der Waals surface area contributed by atoms with Crippen molar-refractivity contribution in [3.05, 3.63) is 59.9 Å². The van der Waals surface area contributed by atoms with E-state index in [0.717, 1.165) is 22.2 Å². The molecule has 1 N–H and O–H groups in total. The minimum atomic E-state index is -3.54. The molecule has 0 radical (unpaired) electrons. The zero-order chi connectivity index (χ0) is 20.6. The van der Waals surface area contributed by atoms with Crippen LogP contribution in [0.25, 0.3) is 11.0 Å². The first-order valence-electron chi connectivity index (χ1n) is 9.66. The summed E-state index contributed by atoms with van der Waals surface area (Å²) in [7, 11) is -3.54. The average Bonchev–Trinajstić information content (AvgIpc) is 3.13. The summed E-state index contributed by atoms with van der Waals surface area (Å²) < 4.78 is 29.0. The number of nitrogens with zero attached hydrogens (tertiary/aromatic N) is 3. The maximum atomic E-state index is 12.9. The molecule has 1 aliphatic heterocycles. The number of amides is 1. The van der Waals surface area contributed by atoms with E-state index < -0.39 is 10.0 Å². The molecule has 4 rings (SSSR count). The molecule has 1 saturated heterocycles. The van der Waals surface area contributed by atoms with Crippen LogP contribution in [0.2, 0.25) is 0 Å². The zero-order valence-electron chi connectivity index (χ0n) is 16.5. The molecule has 3 aromatic rings. The predicted molar refractivity (Wildman–Crippen MR) is 111 cm³/mol. The summed E-state index contributed by atoms with van der Waals surface area (Å²) >= 11 is 0. The number of imidazole rings is 1. The Morgan fingerprint density at radius 3 is 2.52 bits per heavy atom. The van der Waals surface area contributed by atoms with E-state index in [4.69, 9.17) is 0 Å². The summed E-state index contributed by atoms with van der Waals surface area (Å²) in [5.74, 6) is -0.348. The van der Waals surface area contributed by atoms with Crippen molar-refractivity contribution in [3.8, 4) is 0 Å². The highest BCUT2D eigenvalue weighted by atomic mass is 32.2. The van der Waals surface area contributed by atoms with Gasteiger partial charge < -0.3 is 0 Å². The number of nitrogens with one attached hydrogen (secondary N) is 1. The van der Waals surface area contributed by atoms with Crippen molar-refractivity contribution >= 4 is 27.0 Å². The van der Waals surface area contributed by atoms with Crippen LogP contribution in [0.5, 0.6) is 0 Å². The lowest BCUT2D eigenvalue weighted by Crippen LogP contribution is -2.42. The second-order valence-corrected chi connectivity index (χ2v) is 9.44. The van der Waals surface area contributed by atoms with Gasteiger partial charge in [0.25, 0.3) is 0 Å². The van der Waals surface area contributed by atoms with E-state index in [1.165, 1.54) is 4.31 Å². The zero-order valence-corrected chi connectivity index (χ0v) is 17.3. The normalized spacial score (nSPS) is 16.2. The van der Waals surface area contributed by atoms with Gasteiger partial charge in [0.2, 0.25) is 15.9 Å². The quantitative estimate of drug-likeness (QED) is 0.714. The largest absolute Gasteiger partial charge is 0.273 e. The molecule has 152 valence electrons. The van der Waals surface area contributed by atoms with Crippen molar-refractivity contribution in [1.29, 1.82) is 0 Å². The maximum absolute atomic E-state index is 12.9. The standard InChI is InChI=1S/C21H24N4O3S/c1-15-7-8-18(13-16(15)2)29(27,28)24-11-9-17(10-12-24)21(26)23-25-14-22-19-5-3-4-6-20(19)25/h3-8,13-14,17H,9-12H2,1-2H3,(H,23,26). The second-order valence-electron chi connectivity index (χ2n) is 7.50. The lowest BCUT2D eigenvalue weighted by molar-refractivity contribution is -0.121. The van der Waals surface area contributed by atoms with E-state index in [2.05, 4.69) is 10.4 Å². The topological polar surface area (TPSA) is 84.3 Å². The van der Waals surface area contributed by atoms with Gasteiger partial charge in [-0.1, -0.05) is 18.2 Å². The molecular formula is C21H24N4O3S. The van der Waals surface area contributed by atoms with Crippen molar-refractivity contribution in [2.24, 2.45) is 5.92 Å². The summed E-state index contributed by atoms with van der Waals surface area (Å²) in [5.41, 5.74) is 6.53. The van der Waals surface area contributed by atoms with Crippen molar-refractivity contribution in [2.45, 2.75) is 31.6 Å². The minimum absolute atomic E-state index is 0.114. The number of para-hydroxylation sites is 2. The first-order valence-corrected chi connectivity index (χ1v) is 11.1. The summed E-state index contributed by atoms with van der Waals surface area (Å²) in [6.45, 7) is 4.53. The van der Waals surface area contributed by atoms with Gasteiger partial charge in [0, 0.05) is 19.0 Å². The van der Waals surface area contributed by atoms with Crippen LogP contribution in [0.4, 0.5) is 0 Å². The Hall–Kier alpha value is -2.71. The fraction of sp³-hybridized carbons (Fsp3) is 0.333. The van der Waals surface area contributed by atoms with Gasteiger partial charge in [-0.05, 0) is 62.1 Å². The lowest BCUT2D eigenvalue weighted by atomic mass is 9.98. The Kier molecular flexibility index (Phi) is 5.14. The number of benzene rings is 2. The fourth-order valence-corrected chi connectivity index (χ4v) is 5.20. The van der Waals surface area contributed by atoms with Gasteiger partial charge in [0.1, 0.15) is 6.33 Å². The molecule has 7 nitrogen and oxygen atoms in total. The van der Waals surface area contributed by atoms with Gasteiger partial charge in [0.05, 0.1) is 15.9 Å². The van der Waals surface area contributed by atoms with Crippen LogP contribution < -0.4 is 5.43 Å². The van der Waals surface area contributed by atoms with E-state index in [0.29, 0.717) is 30.8 Å². The average molecular weight is 413 g/mol. The monoisotopic (exact) mass is 412 g/mol. The Balaban J connectivity index is 1.42. The van der Waals surface area contributed by atoms with Crippen molar-refractivity contribution < 1.29 is 13.2 Å². The molecule has 0 aliphatic carbocycles. The molecule has 0 unspecified atom stereocenters. The number of piperidine rings is 1. The van der Waals surface area contributed by atoms with Gasteiger partial charge in [-0.15, -0.1) is 0 Å². The third kappa shape index (κ3) is 3.77. The van der Waals surface area contributed by atoms with Gasteiger partial charge in [-0.3, -0.25) is 10.2 Å². The number of aryl methyl sites for hydroxylation is 2. The highest BCUT2D eigenvalue weighted by Gasteiger charge is 2.32. The van der Waals surface area contributed by atoms with Gasteiger partial charge in [-0.2, -0.15) is 4.31 Å². The van der Waals surface area contributed by atoms with Crippen molar-refractivity contribution in [2.75, 3.05) is 18.5 Å². The molecule has 0 saturated carbocycles. The molecule has 8 heteroatoms. The van der Waals surface area contributed by atoms with Crippen LogP contribution in [0.1, 0.15) is 24.0 Å². The summed E-state index contributed by atoms with van der Waals surface area (Å²) in [6.07, 6.45) is 2.56. The number of hydrogen-bond donors (Lipinski definition) is 1. The van der Waals surface area contributed by atoms with Gasteiger partial charge in [-0.25, -0.2) is 18.1 Å². The van der Waals surface area contributed by atoms with E-state index in [1.54, 1.807) is 23.1 Å². The molecule has 2 aromatic carbocycles. The molecule has 29 heavy (non-hydrogen) atoms. The smallest absolute Gasteiger partial charge is 0.243 e. The second kappa shape index (κ2) is 7.61. The van der Waals surface area contributed by atoms with Crippen LogP contribution in [0.3, 0.4) is 0 Å². The highest BCUT2D eigenvalue weighted by Crippen LogP contribution is 2.25. The predicted octanol–water partition coefficient (Wildman–Crippen LogP) is 2.82. The molecule has 2 heterocycles. The Morgan fingerprint density at radius 1 is 1.07 bits per heavy atom.